The molecule has 0 radical (unpaired) electrons. The summed E-state index contributed by atoms with van der Waals surface area (Å²) in [6, 6.07) is 0. The van der Waals surface area contributed by atoms with Crippen molar-refractivity contribution < 1.29 is 118 Å². The summed E-state index contributed by atoms with van der Waals surface area (Å²) in [5, 5.41) is 2.92. The first-order valence-electron chi connectivity index (χ1n) is 7.29. The Morgan fingerprint density at radius 1 is 0.417 bits per heavy atom. The van der Waals surface area contributed by atoms with E-state index in [0.29, 0.717) is 0 Å². The Balaban J connectivity index is 5.55. The van der Waals surface area contributed by atoms with Crippen LogP contribution in [-0.4, -0.2) is 63.0 Å². The average Bonchev–Trinajstić information content (AvgIpc) is 2.49. The maximum Gasteiger partial charge on any atom is 0.527 e. The van der Waals surface area contributed by atoms with Gasteiger partial charge in [-0.15, -0.1) is 52.7 Å². The summed E-state index contributed by atoms with van der Waals surface area (Å²) in [6.07, 6.45) is -40.0. The van der Waals surface area contributed by atoms with Crippen LogP contribution < -0.4 is 0 Å². The molecule has 0 aliphatic carbocycles. The van der Waals surface area contributed by atoms with E-state index in [1.165, 1.54) is 0 Å². The minimum absolute atomic E-state index is 2.08. The van der Waals surface area contributed by atoms with Crippen LogP contribution in [0.5, 0.6) is 0 Å². The average molecular weight is 594 g/mol. The summed E-state index contributed by atoms with van der Waals surface area (Å²) in [7, 11) is 0. The molecule has 0 saturated heterocycles. The maximum absolute atomic E-state index is 12.8. The van der Waals surface area contributed by atoms with Crippen molar-refractivity contribution in [3.63, 3.8) is 0 Å². The van der Waals surface area contributed by atoms with Gasteiger partial charge in [-0.25, -0.2) is 18.9 Å². The zero-order valence-corrected chi connectivity index (χ0v) is 15.5. The lowest BCUT2D eigenvalue weighted by Crippen LogP contribution is -2.58. The van der Waals surface area contributed by atoms with Gasteiger partial charge in [0.1, 0.15) is 6.61 Å². The number of hydrogen-bond acceptors (Lipinski definition) is 8. The van der Waals surface area contributed by atoms with Gasteiger partial charge >= 0.3 is 49.6 Å². The minimum Gasteiger partial charge on any atom is -0.290 e. The van der Waals surface area contributed by atoms with Crippen molar-refractivity contribution in [2.24, 2.45) is 0 Å². The second-order valence-corrected chi connectivity index (χ2v) is 5.21. The van der Waals surface area contributed by atoms with E-state index in [-0.39, 0.29) is 0 Å². The first-order chi connectivity index (χ1) is 15.5. The number of ether oxygens (including phenoxy) is 5. The lowest BCUT2D eigenvalue weighted by atomic mass is 10.3. The second kappa shape index (κ2) is 11.0. The lowest BCUT2D eigenvalue weighted by molar-refractivity contribution is -0.618. The highest BCUT2D eigenvalue weighted by Crippen LogP contribution is 2.45. The molecule has 0 heterocycles. The van der Waals surface area contributed by atoms with Gasteiger partial charge in [-0.05, 0) is 0 Å². The third kappa shape index (κ3) is 12.1. The number of alkyl halides is 18. The molecule has 0 aliphatic heterocycles. The highest BCUT2D eigenvalue weighted by atomic mass is 19.4. The van der Waals surface area contributed by atoms with E-state index >= 15 is 0 Å². The molecule has 0 unspecified atom stereocenters. The third-order valence-corrected chi connectivity index (χ3v) is 2.48. The fraction of sp³-hybridized carbons (Fsp3) is 1.00. The Labute approximate surface area is 182 Å². The van der Waals surface area contributed by atoms with Crippen LogP contribution in [0.15, 0.2) is 0 Å². The predicted octanol–water partition coefficient (Wildman–Crippen LogP) is 5.46. The third-order valence-electron chi connectivity index (χ3n) is 2.48. The summed E-state index contributed by atoms with van der Waals surface area (Å²) < 4.78 is 234. The van der Waals surface area contributed by atoms with Crippen LogP contribution in [0.2, 0.25) is 0 Å². The van der Waals surface area contributed by atoms with Crippen LogP contribution in [0.25, 0.3) is 0 Å². The molecule has 218 valence electrons. The zero-order valence-electron chi connectivity index (χ0n) is 15.5. The van der Waals surface area contributed by atoms with E-state index < -0.39 is 63.0 Å². The Morgan fingerprint density at radius 2 is 0.778 bits per heavy atom. The molecule has 0 rings (SSSR count). The van der Waals surface area contributed by atoms with Crippen molar-refractivity contribution in [1.82, 2.24) is 0 Å². The topological polar surface area (TPSA) is 73.8 Å². The smallest absolute Gasteiger partial charge is 0.290 e. The van der Waals surface area contributed by atoms with E-state index in [4.69, 9.17) is 0 Å². The molecule has 0 aromatic rings. The van der Waals surface area contributed by atoms with Crippen LogP contribution in [-0.2, 0) is 38.5 Å². The van der Waals surface area contributed by atoms with Gasteiger partial charge in [0.15, 0.2) is 6.79 Å². The van der Waals surface area contributed by atoms with Crippen LogP contribution >= 0.6 is 0 Å². The van der Waals surface area contributed by atoms with Crippen molar-refractivity contribution in [2.75, 3.05) is 13.4 Å². The standard InChI is InChI=1S/C10H4F18O8/c11-4(12,13)3(32-7(17,18)19,33-8(20,21)22)1-30-36-31-2-29-6(5(14,15)16,34-9(23,24)25)35-10(26,27)28/h1-2H2. The van der Waals surface area contributed by atoms with Crippen molar-refractivity contribution in [3.05, 3.63) is 0 Å². The molecule has 0 N–H and O–H groups in total. The largest absolute Gasteiger partial charge is 0.527 e. The molecule has 0 aliphatic rings. The Hall–Kier alpha value is -1.58. The second-order valence-electron chi connectivity index (χ2n) is 5.21. The molecular weight excluding hydrogens is 590 g/mol. The first-order valence-corrected chi connectivity index (χ1v) is 7.29. The van der Waals surface area contributed by atoms with E-state index in [0.717, 1.165) is 0 Å². The maximum atomic E-state index is 12.8. The number of rotatable bonds is 11. The highest BCUT2D eigenvalue weighted by molar-refractivity contribution is 4.80. The van der Waals surface area contributed by atoms with Gasteiger partial charge in [0.25, 0.3) is 0 Å². The molecule has 0 bridgehead atoms. The Bertz CT molecular complexity index is 582. The molecule has 36 heavy (non-hydrogen) atoms. The Kier molecular flexibility index (Phi) is 10.6. The van der Waals surface area contributed by atoms with Crippen molar-refractivity contribution in [3.8, 4) is 0 Å². The summed E-state index contributed by atoms with van der Waals surface area (Å²) in [5.41, 5.74) is 0. The zero-order chi connectivity index (χ0) is 29.1. The monoisotopic (exact) mass is 594 g/mol. The lowest BCUT2D eigenvalue weighted by Gasteiger charge is -2.35. The molecule has 0 atom stereocenters. The van der Waals surface area contributed by atoms with Gasteiger partial charge in [-0.2, -0.15) is 36.1 Å². The Morgan fingerprint density at radius 3 is 1.06 bits per heavy atom. The predicted molar refractivity (Wildman–Crippen MR) is 60.2 cm³/mol. The molecule has 0 saturated carbocycles. The quantitative estimate of drug-likeness (QED) is 0.103. The molecule has 0 amide bonds. The van der Waals surface area contributed by atoms with Crippen molar-refractivity contribution in [1.29, 1.82) is 0 Å². The fourth-order valence-corrected chi connectivity index (χ4v) is 1.49. The van der Waals surface area contributed by atoms with Crippen molar-refractivity contribution in [2.45, 2.75) is 49.6 Å². The van der Waals surface area contributed by atoms with Crippen LogP contribution in [0.3, 0.4) is 0 Å². The minimum atomic E-state index is -6.89. The fourth-order valence-electron chi connectivity index (χ4n) is 1.49. The molecule has 26 heteroatoms. The summed E-state index contributed by atoms with van der Waals surface area (Å²) in [6.45, 7) is -5.93. The van der Waals surface area contributed by atoms with E-state index in [1.807, 2.05) is 0 Å². The molecular formula is C10H4F18O8. The molecule has 0 aromatic heterocycles. The van der Waals surface area contributed by atoms with Crippen LogP contribution in [0, 0.1) is 0 Å². The van der Waals surface area contributed by atoms with Gasteiger partial charge in [0.05, 0.1) is 0 Å². The van der Waals surface area contributed by atoms with Gasteiger partial charge in [0, 0.05) is 0 Å². The number of halogens is 18. The molecule has 8 nitrogen and oxygen atoms in total. The SMILES string of the molecule is FC(F)(F)OC(COOOCOC(OC(F)(F)F)(OC(F)(F)F)C(F)(F)F)(OC(F)(F)F)C(F)(F)F. The van der Waals surface area contributed by atoms with Gasteiger partial charge < -0.3 is 0 Å². The van der Waals surface area contributed by atoms with Crippen LogP contribution in [0.1, 0.15) is 0 Å². The van der Waals surface area contributed by atoms with Gasteiger partial charge in [0.2, 0.25) is 0 Å². The highest BCUT2D eigenvalue weighted by Gasteiger charge is 2.70. The van der Waals surface area contributed by atoms with Gasteiger partial charge in [-0.3, -0.25) is 4.74 Å². The van der Waals surface area contributed by atoms with Crippen LogP contribution in [0.4, 0.5) is 79.0 Å². The number of hydrogen-bond donors (Lipinski definition) is 0. The van der Waals surface area contributed by atoms with E-state index in [2.05, 4.69) is 38.5 Å². The normalized spacial score (nSPS) is 15.5. The van der Waals surface area contributed by atoms with Crippen molar-refractivity contribution >= 4 is 0 Å². The van der Waals surface area contributed by atoms with E-state index in [1.54, 1.807) is 0 Å². The van der Waals surface area contributed by atoms with E-state index in [9.17, 15) is 79.0 Å². The summed E-state index contributed by atoms with van der Waals surface area (Å²) in [4.78, 5) is 6.14. The summed E-state index contributed by atoms with van der Waals surface area (Å²) >= 11 is 0. The van der Waals surface area contributed by atoms with Gasteiger partial charge in [-0.1, -0.05) is 5.04 Å². The first kappa shape index (κ1) is 34.4. The molecule has 0 spiro atoms. The summed E-state index contributed by atoms with van der Waals surface area (Å²) in [5.74, 6) is -12.0. The molecule has 0 aromatic carbocycles. The molecule has 0 fully saturated rings.